The van der Waals surface area contributed by atoms with Crippen LogP contribution in [0.15, 0.2) is 176 Å². The van der Waals surface area contributed by atoms with E-state index >= 15 is 26.3 Å². The molecule has 0 saturated carbocycles. The van der Waals surface area contributed by atoms with Crippen LogP contribution < -0.4 is 0 Å². The van der Waals surface area contributed by atoms with Crippen molar-refractivity contribution < 1.29 is 132 Å². The first-order valence-corrected chi connectivity index (χ1v) is 29.0. The van der Waals surface area contributed by atoms with Crippen molar-refractivity contribution in [2.24, 2.45) is 0 Å². The van der Waals surface area contributed by atoms with Crippen LogP contribution in [-0.2, 0) is 61.8 Å². The number of hydrogen-bond donors (Lipinski definition) is 0. The third-order valence-corrected chi connectivity index (χ3v) is 17.0. The molecule has 0 unspecified atom stereocenters. The molecule has 10 aromatic carbocycles. The first-order chi connectivity index (χ1) is 47.8. The standard InChI is InChI=1S/C71H29F30N3/c72-62(73,74)37-5-9-43(52(25-37)68(90,91)92)31-1-13-56-48(19-31)49-20-32(44-10-6-38(63(75,76)77)26-53(44)69(93,94)95)2-14-57(49)103(56)60-29-47(35-17-41(66(84,85)86)24-42(18-35)67(87,88)89)61(23-36(60)30-102)104-58-15-3-33(45-11-7-39(64(78,79)80)27-54(45)70(96,97)98)21-50(58)51-22-34(4-16-59(51)104)46-12-8-40(65(81,82)83)28-55(46)71(99,100)101/h1-29H. The van der Waals surface area contributed by atoms with Crippen molar-refractivity contribution in [1.29, 1.82) is 5.26 Å². The van der Waals surface area contributed by atoms with Gasteiger partial charge in [0.1, 0.15) is 6.07 Å². The lowest BCUT2D eigenvalue weighted by Crippen LogP contribution is -2.12. The first kappa shape index (κ1) is 73.0. The molecule has 0 spiro atoms. The number of aromatic nitrogens is 2. The van der Waals surface area contributed by atoms with Gasteiger partial charge in [-0.25, -0.2) is 0 Å². The fourth-order valence-corrected chi connectivity index (χ4v) is 12.4. The van der Waals surface area contributed by atoms with Gasteiger partial charge in [-0.3, -0.25) is 0 Å². The van der Waals surface area contributed by atoms with E-state index in [1.54, 1.807) is 6.07 Å². The highest BCUT2D eigenvalue weighted by molar-refractivity contribution is 6.14. The molecule has 0 aliphatic carbocycles. The number of rotatable bonds is 7. The van der Waals surface area contributed by atoms with Crippen molar-refractivity contribution in [2.45, 2.75) is 61.8 Å². The van der Waals surface area contributed by atoms with E-state index in [0.717, 1.165) is 88.0 Å². The lowest BCUT2D eigenvalue weighted by molar-refractivity contribution is -0.144. The highest BCUT2D eigenvalue weighted by Gasteiger charge is 2.44. The van der Waals surface area contributed by atoms with Gasteiger partial charge in [0.05, 0.1) is 94.6 Å². The summed E-state index contributed by atoms with van der Waals surface area (Å²) in [5.74, 6) is 0. The lowest BCUT2D eigenvalue weighted by Gasteiger charge is -2.21. The molecule has 0 radical (unpaired) electrons. The van der Waals surface area contributed by atoms with Crippen molar-refractivity contribution in [3.05, 3.63) is 237 Å². The molecule has 0 aliphatic rings. The predicted molar refractivity (Wildman–Crippen MR) is 317 cm³/mol. The molecule has 0 atom stereocenters. The molecule has 12 rings (SSSR count). The van der Waals surface area contributed by atoms with Crippen molar-refractivity contribution in [3.8, 4) is 73.1 Å². The Balaban J connectivity index is 1.22. The van der Waals surface area contributed by atoms with Crippen LogP contribution in [0.25, 0.3) is 111 Å². The summed E-state index contributed by atoms with van der Waals surface area (Å²) in [5.41, 5.74) is -32.0. The molecule has 2 heterocycles. The Bertz CT molecular complexity index is 5230. The third kappa shape index (κ3) is 13.4. The van der Waals surface area contributed by atoms with Crippen LogP contribution in [0.5, 0.6) is 0 Å². The monoisotopic (exact) mass is 1490 g/mol. The molecule has 104 heavy (non-hydrogen) atoms. The number of hydrogen-bond acceptors (Lipinski definition) is 1. The molecule has 0 amide bonds. The van der Waals surface area contributed by atoms with Gasteiger partial charge in [-0.1, -0.05) is 48.5 Å². The van der Waals surface area contributed by atoms with E-state index in [-0.39, 0.29) is 66.7 Å². The molecule has 33 heteroatoms. The number of nitriles is 1. The van der Waals surface area contributed by atoms with Crippen molar-refractivity contribution in [3.63, 3.8) is 0 Å². The van der Waals surface area contributed by atoms with Gasteiger partial charge in [0.15, 0.2) is 0 Å². The third-order valence-electron chi connectivity index (χ3n) is 17.0. The minimum atomic E-state index is -5.72. The van der Waals surface area contributed by atoms with Crippen molar-refractivity contribution in [1.82, 2.24) is 9.13 Å². The molecule has 0 bridgehead atoms. The van der Waals surface area contributed by atoms with E-state index in [2.05, 4.69) is 0 Å². The van der Waals surface area contributed by atoms with E-state index in [1.807, 2.05) is 0 Å². The summed E-state index contributed by atoms with van der Waals surface area (Å²) in [5, 5.41) is 9.39. The number of fused-ring (bicyclic) bond motifs is 6. The molecular weight excluding hydrogens is 1460 g/mol. The van der Waals surface area contributed by atoms with E-state index in [0.29, 0.717) is 30.3 Å². The molecule has 0 saturated heterocycles. The molecule has 12 aromatic rings. The number of alkyl halides is 30. The zero-order chi connectivity index (χ0) is 76.3. The summed E-state index contributed by atoms with van der Waals surface area (Å²) < 4.78 is 438. The van der Waals surface area contributed by atoms with Gasteiger partial charge < -0.3 is 9.13 Å². The maximum Gasteiger partial charge on any atom is 0.417 e. The summed E-state index contributed by atoms with van der Waals surface area (Å²) in [7, 11) is 0. The minimum Gasteiger partial charge on any atom is -0.309 e. The molecule has 0 aliphatic heterocycles. The Labute approximate surface area is 560 Å². The van der Waals surface area contributed by atoms with E-state index in [4.69, 9.17) is 0 Å². The zero-order valence-electron chi connectivity index (χ0n) is 50.4. The quantitative estimate of drug-likeness (QED) is 0.146. The topological polar surface area (TPSA) is 33.6 Å². The summed E-state index contributed by atoms with van der Waals surface area (Å²) in [6, 6.07) is 14.4. The molecular formula is C71H29F30N3. The Morgan fingerprint density at radius 3 is 0.692 bits per heavy atom. The largest absolute Gasteiger partial charge is 0.417 e. The van der Waals surface area contributed by atoms with Crippen LogP contribution in [-0.4, -0.2) is 9.13 Å². The Hall–Kier alpha value is -10.8. The van der Waals surface area contributed by atoms with Crippen molar-refractivity contribution in [2.75, 3.05) is 0 Å². The smallest absolute Gasteiger partial charge is 0.309 e. The van der Waals surface area contributed by atoms with Gasteiger partial charge in [0, 0.05) is 27.1 Å². The number of nitrogens with zero attached hydrogens (tertiary/aromatic N) is 3. The normalized spacial score (nSPS) is 13.5. The molecule has 3 nitrogen and oxygen atoms in total. The average Bonchev–Trinajstić information content (AvgIpc) is 1.54. The van der Waals surface area contributed by atoms with Crippen LogP contribution in [0.2, 0.25) is 0 Å². The maximum absolute atomic E-state index is 15.1. The minimum absolute atomic E-state index is 0.121. The number of benzene rings is 10. The van der Waals surface area contributed by atoms with Gasteiger partial charge in [0.25, 0.3) is 0 Å². The van der Waals surface area contributed by atoms with Gasteiger partial charge in [-0.2, -0.15) is 137 Å². The van der Waals surface area contributed by atoms with Crippen LogP contribution in [0.4, 0.5) is 132 Å². The second kappa shape index (κ2) is 24.1. The molecule has 0 fully saturated rings. The Kier molecular flexibility index (Phi) is 16.9. The predicted octanol–water partition coefficient (Wildman–Crippen LogP) is 26.3. The highest BCUT2D eigenvalue weighted by Crippen LogP contribution is 2.52. The van der Waals surface area contributed by atoms with Crippen LogP contribution in [0.1, 0.15) is 61.2 Å². The molecule has 0 N–H and O–H groups in total. The molecule has 538 valence electrons. The van der Waals surface area contributed by atoms with Crippen LogP contribution in [0, 0.1) is 11.3 Å². The maximum atomic E-state index is 15.1. The van der Waals surface area contributed by atoms with Gasteiger partial charge in [-0.05, 0) is 177 Å². The summed E-state index contributed by atoms with van der Waals surface area (Å²) >= 11 is 0. The molecule has 2 aromatic heterocycles. The second-order valence-electron chi connectivity index (χ2n) is 23.4. The lowest BCUT2D eigenvalue weighted by atomic mass is 9.94. The zero-order valence-corrected chi connectivity index (χ0v) is 50.4. The van der Waals surface area contributed by atoms with Crippen molar-refractivity contribution >= 4 is 43.6 Å². The first-order valence-electron chi connectivity index (χ1n) is 29.0. The van der Waals surface area contributed by atoms with Crippen LogP contribution in [0.3, 0.4) is 0 Å². The SMILES string of the molecule is N#Cc1cc(-n2c3ccc(-c4ccc(C(F)(F)F)cc4C(F)(F)F)cc3c3cc(-c4ccc(C(F)(F)F)cc4C(F)(F)F)ccc32)c(-c2cc(C(F)(F)F)cc(C(F)(F)F)c2)cc1-n1c2ccc(-c3ccc(C(F)(F)F)cc3C(F)(F)F)cc2c2cc(-c3ccc(C(F)(F)F)cc3C(F)(F)F)ccc21. The van der Waals surface area contributed by atoms with Gasteiger partial charge >= 0.3 is 61.8 Å². The Morgan fingerprint density at radius 1 is 0.212 bits per heavy atom. The second-order valence-corrected chi connectivity index (χ2v) is 23.4. The van der Waals surface area contributed by atoms with E-state index in [1.165, 1.54) is 0 Å². The Morgan fingerprint density at radius 2 is 0.462 bits per heavy atom. The van der Waals surface area contributed by atoms with E-state index < -0.39 is 234 Å². The number of halogens is 30. The summed E-state index contributed by atoms with van der Waals surface area (Å²) in [6.07, 6.45) is -55.5. The fourth-order valence-electron chi connectivity index (χ4n) is 12.4. The van der Waals surface area contributed by atoms with E-state index in [9.17, 15) is 111 Å². The van der Waals surface area contributed by atoms with Crippen LogP contribution >= 0.6 is 0 Å². The average molecular weight is 1490 g/mol. The summed E-state index contributed by atoms with van der Waals surface area (Å²) in [6.45, 7) is 0. The van der Waals surface area contributed by atoms with Gasteiger partial charge in [0.2, 0.25) is 0 Å². The highest BCUT2D eigenvalue weighted by atomic mass is 19.4. The summed E-state index contributed by atoms with van der Waals surface area (Å²) in [4.78, 5) is 0. The fraction of sp³-hybridized carbons (Fsp3) is 0.141. The van der Waals surface area contributed by atoms with Gasteiger partial charge in [-0.15, -0.1) is 0 Å².